The van der Waals surface area contributed by atoms with E-state index in [1.54, 1.807) is 0 Å². The van der Waals surface area contributed by atoms with Crippen molar-refractivity contribution >= 4 is 31.2 Å². The molecule has 1 heterocycles. The van der Waals surface area contributed by atoms with E-state index in [4.69, 9.17) is 0 Å². The van der Waals surface area contributed by atoms with Crippen LogP contribution in [0.25, 0.3) is 11.3 Å². The van der Waals surface area contributed by atoms with Gasteiger partial charge in [0.25, 0.3) is 0 Å². The molecule has 0 aliphatic carbocycles. The van der Waals surface area contributed by atoms with Crippen LogP contribution in [-0.2, 0) is 23.6 Å². The van der Waals surface area contributed by atoms with Gasteiger partial charge in [0, 0.05) is 28.9 Å². The zero-order valence-corrected chi connectivity index (χ0v) is 18.2. The highest BCUT2D eigenvalue weighted by atomic mass is 32.1. The number of Topliss-reactive ketones (excluding diaryl/α,β-unsaturated/α-hetero) is 1. The lowest BCUT2D eigenvalue weighted by Crippen LogP contribution is -2.11. The van der Waals surface area contributed by atoms with Crippen molar-refractivity contribution in [2.75, 3.05) is 0 Å². The van der Waals surface area contributed by atoms with E-state index in [1.807, 2.05) is 0 Å². The molecule has 2 nitrogen and oxygen atoms in total. The summed E-state index contributed by atoms with van der Waals surface area (Å²) in [6.07, 6.45) is -5.02. The lowest BCUT2D eigenvalue weighted by atomic mass is 10.1. The van der Waals surface area contributed by atoms with E-state index in [0.717, 1.165) is 24.3 Å². The molecule has 0 saturated heterocycles. The molecule has 0 N–H and O–H groups in total. The van der Waals surface area contributed by atoms with Crippen LogP contribution in [0.1, 0.15) is 29.3 Å². The van der Waals surface area contributed by atoms with Crippen molar-refractivity contribution in [3.8, 4) is 11.3 Å². The number of aromatic nitrogens is 1. The fourth-order valence-electron chi connectivity index (χ4n) is 3.03. The third kappa shape index (κ3) is 5.53. The van der Waals surface area contributed by atoms with Crippen LogP contribution in [0.2, 0.25) is 0 Å². The molecule has 2 aromatic carbocycles. The Hall–Kier alpha value is -2.32. The number of alkyl halides is 3. The minimum atomic E-state index is -4.81. The fraction of sp³-hybridized carbons (Fsp3) is 0.238. The minimum Gasteiger partial charge on any atom is -0.300 e. The van der Waals surface area contributed by atoms with Crippen LogP contribution in [0.4, 0.5) is 30.7 Å². The summed E-state index contributed by atoms with van der Waals surface area (Å²) in [7, 11) is -0.745. The van der Waals surface area contributed by atoms with Gasteiger partial charge in [-0.2, -0.15) is 17.5 Å². The predicted octanol–water partition coefficient (Wildman–Crippen LogP) is 6.41. The number of carbonyl (C=O) groups is 1. The highest BCUT2D eigenvalue weighted by molar-refractivity contribution is 7.46. The molecule has 0 amide bonds. The lowest BCUT2D eigenvalue weighted by molar-refractivity contribution is -0.134. The standard InChI is InChI=1S/C21H15F7NOPS/c1-10(30)2-3-11-6-16(24)19(17(25)7-11)31-9-14-18(29-32-20(14)21(26,27)28)13-5-4-12(22)8-15(13)23/h4-8,31H,2-3,9H2,1H3. The maximum atomic E-state index is 14.5. The third-order valence-electron chi connectivity index (χ3n) is 4.54. The Morgan fingerprint density at radius 2 is 1.69 bits per heavy atom. The molecule has 11 heteroatoms. The Morgan fingerprint density at radius 1 is 1.03 bits per heavy atom. The number of hydrogen-bond donors (Lipinski definition) is 0. The number of hydrogen-bond acceptors (Lipinski definition) is 3. The largest absolute Gasteiger partial charge is 0.427 e. The predicted molar refractivity (Wildman–Crippen MR) is 109 cm³/mol. The first-order valence-electron chi connectivity index (χ1n) is 9.19. The molecule has 3 aromatic rings. The maximum Gasteiger partial charge on any atom is 0.427 e. The number of aryl methyl sites for hydroxylation is 1. The molecule has 0 radical (unpaired) electrons. The average Bonchev–Trinajstić information content (AvgIpc) is 3.10. The second kappa shape index (κ2) is 9.67. The molecular weight excluding hydrogens is 478 g/mol. The lowest BCUT2D eigenvalue weighted by Gasteiger charge is -2.12. The molecule has 1 unspecified atom stereocenters. The molecule has 1 aromatic heterocycles. The summed E-state index contributed by atoms with van der Waals surface area (Å²) in [5, 5.41) is -0.401. The van der Waals surface area contributed by atoms with Gasteiger partial charge < -0.3 is 4.79 Å². The van der Waals surface area contributed by atoms with Crippen LogP contribution in [-0.4, -0.2) is 10.2 Å². The molecule has 32 heavy (non-hydrogen) atoms. The number of carbonyl (C=O) groups excluding carboxylic acids is 1. The topological polar surface area (TPSA) is 30.0 Å². The summed E-state index contributed by atoms with van der Waals surface area (Å²) in [4.78, 5) is 9.95. The molecule has 0 aliphatic rings. The monoisotopic (exact) mass is 493 g/mol. The summed E-state index contributed by atoms with van der Waals surface area (Å²) in [5.41, 5.74) is -0.832. The molecular formula is C21H15F7NOPS. The molecule has 170 valence electrons. The summed E-state index contributed by atoms with van der Waals surface area (Å²) in [5.74, 6) is -4.03. The van der Waals surface area contributed by atoms with E-state index in [9.17, 15) is 35.5 Å². The van der Waals surface area contributed by atoms with Crippen LogP contribution < -0.4 is 5.30 Å². The van der Waals surface area contributed by atoms with Crippen LogP contribution in [0, 0.1) is 23.3 Å². The van der Waals surface area contributed by atoms with Crippen LogP contribution in [0.3, 0.4) is 0 Å². The van der Waals surface area contributed by atoms with Crippen molar-refractivity contribution < 1.29 is 35.5 Å². The number of rotatable bonds is 7. The minimum absolute atomic E-state index is 0.0957. The summed E-state index contributed by atoms with van der Waals surface area (Å²) < 4.78 is 100. The fourth-order valence-corrected chi connectivity index (χ4v) is 5.11. The molecule has 3 rings (SSSR count). The molecule has 1 atom stereocenters. The van der Waals surface area contributed by atoms with Gasteiger partial charge in [-0.05, 0) is 60.9 Å². The zero-order chi connectivity index (χ0) is 23.6. The smallest absolute Gasteiger partial charge is 0.300 e. The van der Waals surface area contributed by atoms with Crippen molar-refractivity contribution in [1.29, 1.82) is 0 Å². The number of ketones is 1. The first-order chi connectivity index (χ1) is 15.0. The Bertz CT molecular complexity index is 1140. The number of halogens is 7. The molecule has 0 aliphatic heterocycles. The van der Waals surface area contributed by atoms with E-state index >= 15 is 0 Å². The van der Waals surface area contributed by atoms with Crippen molar-refractivity contribution in [1.82, 2.24) is 4.37 Å². The summed E-state index contributed by atoms with van der Waals surface area (Å²) in [6.45, 7) is 1.34. The van der Waals surface area contributed by atoms with Crippen molar-refractivity contribution in [2.24, 2.45) is 0 Å². The van der Waals surface area contributed by atoms with Gasteiger partial charge in [-0.25, -0.2) is 17.6 Å². The number of nitrogens with zero attached hydrogens (tertiary/aromatic N) is 1. The maximum absolute atomic E-state index is 14.5. The van der Waals surface area contributed by atoms with Crippen LogP contribution in [0.15, 0.2) is 30.3 Å². The van der Waals surface area contributed by atoms with Gasteiger partial charge in [0.05, 0.1) is 5.69 Å². The normalized spacial score (nSPS) is 12.1. The van der Waals surface area contributed by atoms with Crippen molar-refractivity contribution in [3.05, 3.63) is 69.6 Å². The van der Waals surface area contributed by atoms with E-state index < -0.39 is 59.9 Å². The Kier molecular flexibility index (Phi) is 7.35. The summed E-state index contributed by atoms with van der Waals surface area (Å²) >= 11 is 0.0957. The van der Waals surface area contributed by atoms with Gasteiger partial charge in [-0.3, -0.25) is 0 Å². The second-order valence-corrected chi connectivity index (χ2v) is 8.93. The quantitative estimate of drug-likeness (QED) is 0.281. The highest BCUT2D eigenvalue weighted by Crippen LogP contribution is 2.42. The Labute approximate surface area is 184 Å². The number of benzene rings is 2. The third-order valence-corrected chi connectivity index (χ3v) is 6.84. The summed E-state index contributed by atoms with van der Waals surface area (Å²) in [6, 6.07) is 4.47. The van der Waals surface area contributed by atoms with Gasteiger partial charge in [-0.1, -0.05) is 8.58 Å². The SMILES string of the molecule is CC(=O)CCc1cc(F)c(PCc2c(-c3ccc(F)cc3F)nsc2C(F)(F)F)c(F)c1. The van der Waals surface area contributed by atoms with Crippen LogP contribution >= 0.6 is 20.1 Å². The van der Waals surface area contributed by atoms with E-state index in [-0.39, 0.29) is 47.0 Å². The molecule has 0 bridgehead atoms. The van der Waals surface area contributed by atoms with Gasteiger partial charge >= 0.3 is 6.18 Å². The molecule has 0 saturated carbocycles. The van der Waals surface area contributed by atoms with Crippen molar-refractivity contribution in [3.63, 3.8) is 0 Å². The molecule has 0 fully saturated rings. The Balaban J connectivity index is 1.95. The van der Waals surface area contributed by atoms with Gasteiger partial charge in [0.1, 0.15) is 33.9 Å². The van der Waals surface area contributed by atoms with E-state index in [2.05, 4.69) is 4.37 Å². The first kappa shape index (κ1) is 24.3. The van der Waals surface area contributed by atoms with E-state index in [1.165, 1.54) is 6.92 Å². The van der Waals surface area contributed by atoms with Gasteiger partial charge in [-0.15, -0.1) is 0 Å². The van der Waals surface area contributed by atoms with E-state index in [0.29, 0.717) is 6.07 Å². The Morgan fingerprint density at radius 3 is 2.25 bits per heavy atom. The zero-order valence-electron chi connectivity index (χ0n) is 16.4. The van der Waals surface area contributed by atoms with Crippen LogP contribution in [0.5, 0.6) is 0 Å². The second-order valence-electron chi connectivity index (χ2n) is 6.95. The van der Waals surface area contributed by atoms with Gasteiger partial charge in [0.2, 0.25) is 0 Å². The van der Waals surface area contributed by atoms with Crippen molar-refractivity contribution in [2.45, 2.75) is 32.1 Å². The highest BCUT2D eigenvalue weighted by Gasteiger charge is 2.38. The first-order valence-corrected chi connectivity index (χ1v) is 11.2. The average molecular weight is 493 g/mol. The van der Waals surface area contributed by atoms with Gasteiger partial charge in [0.15, 0.2) is 0 Å². The molecule has 0 spiro atoms.